The first-order valence-electron chi connectivity index (χ1n) is 7.74. The van der Waals surface area contributed by atoms with E-state index in [1.54, 1.807) is 24.3 Å². The molecule has 0 fully saturated rings. The molecule has 0 unspecified atom stereocenters. The van der Waals surface area contributed by atoms with E-state index in [9.17, 15) is 18.8 Å². The van der Waals surface area contributed by atoms with E-state index in [1.807, 2.05) is 0 Å². The summed E-state index contributed by atoms with van der Waals surface area (Å²) < 4.78 is 20.7. The van der Waals surface area contributed by atoms with Crippen LogP contribution in [0.2, 0.25) is 0 Å². The van der Waals surface area contributed by atoms with Crippen molar-refractivity contribution < 1.29 is 13.9 Å². The zero-order chi connectivity index (χ0) is 18.8. The minimum Gasteiger partial charge on any atom is -0.494 e. The molecule has 0 aliphatic carbocycles. The fourth-order valence-electron chi connectivity index (χ4n) is 2.68. The minimum absolute atomic E-state index is 0.0586. The number of carbonyl (C=O) groups excluding carboxylic acids is 1. The topological polar surface area (TPSA) is 82.3 Å². The van der Waals surface area contributed by atoms with Gasteiger partial charge in [0.2, 0.25) is 5.91 Å². The van der Waals surface area contributed by atoms with Crippen LogP contribution in [0.3, 0.4) is 0 Å². The van der Waals surface area contributed by atoms with Crippen LogP contribution >= 0.6 is 0 Å². The Hall–Kier alpha value is -3.42. The third kappa shape index (κ3) is 3.08. The molecule has 0 saturated heterocycles. The molecule has 0 spiro atoms. The van der Waals surface area contributed by atoms with Crippen molar-refractivity contribution in [2.75, 3.05) is 12.4 Å². The van der Waals surface area contributed by atoms with Gasteiger partial charge in [-0.3, -0.25) is 18.7 Å². The van der Waals surface area contributed by atoms with Crippen molar-refractivity contribution in [2.45, 2.75) is 6.54 Å². The van der Waals surface area contributed by atoms with Gasteiger partial charge < -0.3 is 10.1 Å². The summed E-state index contributed by atoms with van der Waals surface area (Å²) in [5, 5.41) is 2.86. The average molecular weight is 357 g/mol. The quantitative estimate of drug-likeness (QED) is 0.767. The highest BCUT2D eigenvalue weighted by atomic mass is 19.1. The number of para-hydroxylation sites is 1. The lowest BCUT2D eigenvalue weighted by Crippen LogP contribution is -2.40. The summed E-state index contributed by atoms with van der Waals surface area (Å²) in [5.74, 6) is -1.08. The second-order valence-corrected chi connectivity index (χ2v) is 5.65. The van der Waals surface area contributed by atoms with Crippen LogP contribution in [0, 0.1) is 5.82 Å². The molecule has 7 nitrogen and oxygen atoms in total. The summed E-state index contributed by atoms with van der Waals surface area (Å²) in [6, 6.07) is 10.5. The lowest BCUT2D eigenvalue weighted by molar-refractivity contribution is -0.116. The van der Waals surface area contributed by atoms with Crippen molar-refractivity contribution in [3.8, 4) is 5.75 Å². The Morgan fingerprint density at radius 3 is 2.62 bits per heavy atom. The molecule has 1 amide bonds. The second kappa shape index (κ2) is 6.83. The van der Waals surface area contributed by atoms with Gasteiger partial charge in [-0.2, -0.15) is 0 Å². The van der Waals surface area contributed by atoms with E-state index in [2.05, 4.69) is 5.32 Å². The number of rotatable bonds is 4. The van der Waals surface area contributed by atoms with E-state index in [1.165, 1.54) is 30.9 Å². The molecular weight excluding hydrogens is 341 g/mol. The number of nitrogens with zero attached hydrogens (tertiary/aromatic N) is 2. The molecule has 3 rings (SSSR count). The predicted molar refractivity (Wildman–Crippen MR) is 95.0 cm³/mol. The maximum atomic E-state index is 13.7. The van der Waals surface area contributed by atoms with Gasteiger partial charge >= 0.3 is 5.69 Å². The Balaban J connectivity index is 1.94. The molecule has 3 aromatic rings. The zero-order valence-electron chi connectivity index (χ0n) is 14.2. The fourth-order valence-corrected chi connectivity index (χ4v) is 2.68. The normalized spacial score (nSPS) is 10.7. The molecule has 1 N–H and O–H groups in total. The summed E-state index contributed by atoms with van der Waals surface area (Å²) in [5.41, 5.74) is -0.448. The van der Waals surface area contributed by atoms with Crippen LogP contribution in [0.15, 0.2) is 52.1 Å². The first-order chi connectivity index (χ1) is 12.4. The summed E-state index contributed by atoms with van der Waals surface area (Å²) in [6.45, 7) is -0.318. The van der Waals surface area contributed by atoms with E-state index >= 15 is 0 Å². The highest BCUT2D eigenvalue weighted by Gasteiger charge is 2.14. The van der Waals surface area contributed by atoms with E-state index in [0.29, 0.717) is 10.9 Å². The standard InChI is InChI=1S/C18H16FN3O4/c1-21-17(24)12-5-3-4-6-14(12)22(18(21)25)10-16(23)20-11-7-8-15(26-2)13(19)9-11/h3-9H,10H2,1-2H3,(H,20,23). The molecule has 2 aromatic carbocycles. The van der Waals surface area contributed by atoms with Crippen LogP contribution in [0.5, 0.6) is 5.75 Å². The molecule has 8 heteroatoms. The third-order valence-electron chi connectivity index (χ3n) is 3.98. The molecule has 0 saturated carbocycles. The van der Waals surface area contributed by atoms with Crippen LogP contribution in [0.25, 0.3) is 10.9 Å². The molecular formula is C18H16FN3O4. The molecule has 0 bridgehead atoms. The summed E-state index contributed by atoms with van der Waals surface area (Å²) in [4.78, 5) is 36.9. The summed E-state index contributed by atoms with van der Waals surface area (Å²) in [7, 11) is 2.69. The number of methoxy groups -OCH3 is 1. The molecule has 134 valence electrons. The number of benzene rings is 2. The molecule has 1 aromatic heterocycles. The SMILES string of the molecule is COc1ccc(NC(=O)Cn2c(=O)n(C)c(=O)c3ccccc32)cc1F. The van der Waals surface area contributed by atoms with E-state index in [0.717, 1.165) is 10.6 Å². The Kier molecular flexibility index (Phi) is 4.57. The lowest BCUT2D eigenvalue weighted by atomic mass is 10.2. The Morgan fingerprint density at radius 2 is 1.92 bits per heavy atom. The van der Waals surface area contributed by atoms with Gasteiger partial charge in [-0.05, 0) is 24.3 Å². The number of halogens is 1. The molecule has 0 aliphatic heterocycles. The number of nitrogens with one attached hydrogen (secondary N) is 1. The largest absolute Gasteiger partial charge is 0.494 e. The number of amides is 1. The monoisotopic (exact) mass is 357 g/mol. The zero-order valence-corrected chi connectivity index (χ0v) is 14.2. The number of aromatic nitrogens is 2. The molecule has 0 radical (unpaired) electrons. The van der Waals surface area contributed by atoms with Crippen LogP contribution in [-0.4, -0.2) is 22.2 Å². The number of carbonyl (C=O) groups is 1. The minimum atomic E-state index is -0.616. The van der Waals surface area contributed by atoms with Crippen molar-refractivity contribution >= 4 is 22.5 Å². The van der Waals surface area contributed by atoms with Crippen LogP contribution in [0.1, 0.15) is 0 Å². The summed E-state index contributed by atoms with van der Waals surface area (Å²) in [6.07, 6.45) is 0. The van der Waals surface area contributed by atoms with Gasteiger partial charge in [-0.15, -0.1) is 0 Å². The van der Waals surface area contributed by atoms with Crippen molar-refractivity contribution in [1.82, 2.24) is 9.13 Å². The number of hydrogen-bond donors (Lipinski definition) is 1. The van der Waals surface area contributed by atoms with E-state index in [-0.39, 0.29) is 18.0 Å². The van der Waals surface area contributed by atoms with Gasteiger partial charge in [0.05, 0.1) is 18.0 Å². The highest BCUT2D eigenvalue weighted by Crippen LogP contribution is 2.20. The van der Waals surface area contributed by atoms with Crippen molar-refractivity contribution in [1.29, 1.82) is 0 Å². The first-order valence-corrected chi connectivity index (χ1v) is 7.74. The maximum absolute atomic E-state index is 13.7. The van der Waals surface area contributed by atoms with Crippen LogP contribution in [-0.2, 0) is 18.4 Å². The van der Waals surface area contributed by atoms with Crippen molar-refractivity contribution in [3.63, 3.8) is 0 Å². The number of anilines is 1. The van der Waals surface area contributed by atoms with Crippen LogP contribution in [0.4, 0.5) is 10.1 Å². The first kappa shape index (κ1) is 17.4. The molecule has 0 aliphatic rings. The maximum Gasteiger partial charge on any atom is 0.331 e. The molecule has 0 atom stereocenters. The Bertz CT molecular complexity index is 1120. The predicted octanol–water partition coefficient (Wildman–Crippen LogP) is 1.49. The highest BCUT2D eigenvalue weighted by molar-refractivity contribution is 5.91. The number of ether oxygens (including phenoxy) is 1. The number of hydrogen-bond acceptors (Lipinski definition) is 4. The van der Waals surface area contributed by atoms with Crippen molar-refractivity contribution in [2.24, 2.45) is 7.05 Å². The average Bonchev–Trinajstić information content (AvgIpc) is 2.63. The van der Waals surface area contributed by atoms with E-state index < -0.39 is 23.0 Å². The van der Waals surface area contributed by atoms with Gasteiger partial charge in [0.15, 0.2) is 11.6 Å². The van der Waals surface area contributed by atoms with Gasteiger partial charge in [0.1, 0.15) is 6.54 Å². The van der Waals surface area contributed by atoms with Gasteiger partial charge in [-0.1, -0.05) is 12.1 Å². The van der Waals surface area contributed by atoms with Gasteiger partial charge in [0, 0.05) is 18.8 Å². The Morgan fingerprint density at radius 1 is 1.19 bits per heavy atom. The Labute approximate surface area is 147 Å². The fraction of sp³-hybridized carbons (Fsp3) is 0.167. The smallest absolute Gasteiger partial charge is 0.331 e. The van der Waals surface area contributed by atoms with Crippen molar-refractivity contribution in [3.05, 3.63) is 69.1 Å². The molecule has 1 heterocycles. The lowest BCUT2D eigenvalue weighted by Gasteiger charge is -2.12. The second-order valence-electron chi connectivity index (χ2n) is 5.65. The third-order valence-corrected chi connectivity index (χ3v) is 3.98. The van der Waals surface area contributed by atoms with E-state index in [4.69, 9.17) is 4.74 Å². The van der Waals surface area contributed by atoms with Gasteiger partial charge in [-0.25, -0.2) is 9.18 Å². The summed E-state index contributed by atoms with van der Waals surface area (Å²) >= 11 is 0. The number of fused-ring (bicyclic) bond motifs is 1. The van der Waals surface area contributed by atoms with Gasteiger partial charge in [0.25, 0.3) is 5.56 Å². The van der Waals surface area contributed by atoms with Crippen LogP contribution < -0.4 is 21.3 Å². The molecule has 26 heavy (non-hydrogen) atoms.